The second-order valence-corrected chi connectivity index (χ2v) is 5.62. The van der Waals surface area contributed by atoms with Crippen molar-refractivity contribution in [3.8, 4) is 23.3 Å². The molecule has 3 rings (SSSR count). The minimum Gasteiger partial charge on any atom is -0.496 e. The number of ether oxygens (including phenoxy) is 3. The highest BCUT2D eigenvalue weighted by atomic mass is 16.7. The molecule has 0 saturated heterocycles. The summed E-state index contributed by atoms with van der Waals surface area (Å²) in [6.45, 7) is 2.19. The first kappa shape index (κ1) is 17.4. The Kier molecular flexibility index (Phi) is 5.09. The molecule has 0 spiro atoms. The number of nitriles is 1. The van der Waals surface area contributed by atoms with Gasteiger partial charge in [0.2, 0.25) is 6.79 Å². The molecule has 1 amide bonds. The number of amides is 1. The van der Waals surface area contributed by atoms with Crippen molar-refractivity contribution < 1.29 is 19.0 Å². The SMILES string of the molecule is CCc1ccc(OC)c(/C=C(\C#N)C(=O)Nc2ccc3c(c2)OCO3)c1. The van der Waals surface area contributed by atoms with Gasteiger partial charge in [0, 0.05) is 17.3 Å². The quantitative estimate of drug-likeness (QED) is 0.659. The third-order valence-electron chi connectivity index (χ3n) is 4.00. The number of nitrogens with one attached hydrogen (secondary N) is 1. The molecule has 0 unspecified atom stereocenters. The highest BCUT2D eigenvalue weighted by molar-refractivity contribution is 6.10. The molecular weight excluding hydrogens is 332 g/mol. The summed E-state index contributed by atoms with van der Waals surface area (Å²) in [5, 5.41) is 12.1. The summed E-state index contributed by atoms with van der Waals surface area (Å²) in [4.78, 5) is 12.5. The van der Waals surface area contributed by atoms with E-state index in [1.807, 2.05) is 31.2 Å². The van der Waals surface area contributed by atoms with Crippen LogP contribution in [0.25, 0.3) is 6.08 Å². The lowest BCUT2D eigenvalue weighted by molar-refractivity contribution is -0.112. The molecule has 1 N–H and O–H groups in total. The van der Waals surface area contributed by atoms with Gasteiger partial charge >= 0.3 is 0 Å². The van der Waals surface area contributed by atoms with Crippen LogP contribution >= 0.6 is 0 Å². The number of aryl methyl sites for hydroxylation is 1. The number of carbonyl (C=O) groups excluding carboxylic acids is 1. The molecule has 0 bridgehead atoms. The topological polar surface area (TPSA) is 80.6 Å². The average Bonchev–Trinajstić information content (AvgIpc) is 3.13. The fourth-order valence-corrected chi connectivity index (χ4v) is 2.59. The van der Waals surface area contributed by atoms with Crippen molar-refractivity contribution in [1.82, 2.24) is 0 Å². The van der Waals surface area contributed by atoms with Crippen molar-refractivity contribution in [2.24, 2.45) is 0 Å². The highest BCUT2D eigenvalue weighted by Crippen LogP contribution is 2.34. The van der Waals surface area contributed by atoms with Gasteiger partial charge in [0.05, 0.1) is 7.11 Å². The Balaban J connectivity index is 1.85. The summed E-state index contributed by atoms with van der Waals surface area (Å²) in [5.74, 6) is 1.28. The van der Waals surface area contributed by atoms with Crippen LogP contribution in [-0.2, 0) is 11.2 Å². The fourth-order valence-electron chi connectivity index (χ4n) is 2.59. The Hall–Kier alpha value is -3.46. The van der Waals surface area contributed by atoms with Crippen LogP contribution in [0.2, 0.25) is 0 Å². The molecule has 2 aromatic carbocycles. The molecule has 6 heteroatoms. The van der Waals surface area contributed by atoms with Crippen molar-refractivity contribution in [2.75, 3.05) is 19.2 Å². The van der Waals surface area contributed by atoms with Crippen LogP contribution in [0.5, 0.6) is 17.2 Å². The van der Waals surface area contributed by atoms with E-state index in [-0.39, 0.29) is 12.4 Å². The molecular formula is C20H18N2O4. The Bertz CT molecular complexity index is 913. The second kappa shape index (κ2) is 7.62. The maximum absolute atomic E-state index is 12.5. The van der Waals surface area contributed by atoms with E-state index in [1.165, 1.54) is 6.08 Å². The predicted molar refractivity (Wildman–Crippen MR) is 97.2 cm³/mol. The van der Waals surface area contributed by atoms with Crippen molar-refractivity contribution in [3.05, 3.63) is 53.1 Å². The molecule has 26 heavy (non-hydrogen) atoms. The van der Waals surface area contributed by atoms with E-state index in [4.69, 9.17) is 14.2 Å². The van der Waals surface area contributed by atoms with E-state index >= 15 is 0 Å². The zero-order valence-corrected chi connectivity index (χ0v) is 14.5. The summed E-state index contributed by atoms with van der Waals surface area (Å²) in [6, 6.07) is 12.7. The molecule has 0 radical (unpaired) electrons. The van der Waals surface area contributed by atoms with Crippen LogP contribution in [0.3, 0.4) is 0 Å². The number of fused-ring (bicyclic) bond motifs is 1. The number of carbonyl (C=O) groups is 1. The van der Waals surface area contributed by atoms with Crippen LogP contribution in [-0.4, -0.2) is 19.8 Å². The number of anilines is 1. The number of methoxy groups -OCH3 is 1. The minimum absolute atomic E-state index is 0.0192. The highest BCUT2D eigenvalue weighted by Gasteiger charge is 2.16. The van der Waals surface area contributed by atoms with Crippen molar-refractivity contribution in [3.63, 3.8) is 0 Å². The first-order valence-electron chi connectivity index (χ1n) is 8.14. The van der Waals surface area contributed by atoms with Gasteiger partial charge < -0.3 is 19.5 Å². The fraction of sp³-hybridized carbons (Fsp3) is 0.200. The largest absolute Gasteiger partial charge is 0.496 e. The van der Waals surface area contributed by atoms with Crippen LogP contribution in [0.4, 0.5) is 5.69 Å². The third kappa shape index (κ3) is 3.62. The molecule has 1 heterocycles. The summed E-state index contributed by atoms with van der Waals surface area (Å²) < 4.78 is 15.9. The molecule has 1 aliphatic heterocycles. The van der Waals surface area contributed by atoms with Crippen LogP contribution in [0.1, 0.15) is 18.1 Å². The van der Waals surface area contributed by atoms with Gasteiger partial charge in [-0.2, -0.15) is 5.26 Å². The van der Waals surface area contributed by atoms with E-state index in [9.17, 15) is 10.1 Å². The van der Waals surface area contributed by atoms with E-state index in [2.05, 4.69) is 5.32 Å². The minimum atomic E-state index is -0.504. The first-order valence-corrected chi connectivity index (χ1v) is 8.14. The van der Waals surface area contributed by atoms with Gasteiger partial charge in [-0.1, -0.05) is 13.0 Å². The number of rotatable bonds is 5. The molecule has 0 aromatic heterocycles. The summed E-state index contributed by atoms with van der Waals surface area (Å²) in [6.07, 6.45) is 2.37. The maximum atomic E-state index is 12.5. The number of hydrogen-bond acceptors (Lipinski definition) is 5. The number of nitrogens with zero attached hydrogens (tertiary/aromatic N) is 1. The molecule has 0 saturated carbocycles. The van der Waals surface area contributed by atoms with Crippen molar-refractivity contribution >= 4 is 17.7 Å². The molecule has 0 aliphatic carbocycles. The standard InChI is InChI=1S/C20H18N2O4/c1-3-13-4-6-17(24-2)14(8-13)9-15(11-21)20(23)22-16-5-7-18-19(10-16)26-12-25-18/h4-10H,3,12H2,1-2H3,(H,22,23)/b15-9+. The van der Waals surface area contributed by atoms with Crippen LogP contribution in [0.15, 0.2) is 42.0 Å². The molecule has 1 aliphatic rings. The van der Waals surface area contributed by atoms with Crippen molar-refractivity contribution in [2.45, 2.75) is 13.3 Å². The van der Waals surface area contributed by atoms with Gasteiger partial charge in [-0.3, -0.25) is 4.79 Å². The average molecular weight is 350 g/mol. The van der Waals surface area contributed by atoms with E-state index in [0.29, 0.717) is 28.5 Å². The zero-order valence-electron chi connectivity index (χ0n) is 14.5. The molecule has 2 aromatic rings. The van der Waals surface area contributed by atoms with Gasteiger partial charge in [-0.05, 0) is 42.3 Å². The lowest BCUT2D eigenvalue weighted by atomic mass is 10.0. The summed E-state index contributed by atoms with van der Waals surface area (Å²) >= 11 is 0. The van der Waals surface area contributed by atoms with Crippen molar-refractivity contribution in [1.29, 1.82) is 5.26 Å². The van der Waals surface area contributed by atoms with Gasteiger partial charge in [0.1, 0.15) is 17.4 Å². The second-order valence-electron chi connectivity index (χ2n) is 5.62. The number of benzene rings is 2. The molecule has 0 fully saturated rings. The van der Waals surface area contributed by atoms with E-state index in [1.54, 1.807) is 25.3 Å². The Labute approximate surface area is 151 Å². The predicted octanol–water partition coefficient (Wildman–Crippen LogP) is 3.53. The van der Waals surface area contributed by atoms with Gasteiger partial charge in [0.25, 0.3) is 5.91 Å². The summed E-state index contributed by atoms with van der Waals surface area (Å²) in [5.41, 5.74) is 2.28. The Morgan fingerprint density at radius 3 is 2.81 bits per heavy atom. The Morgan fingerprint density at radius 2 is 2.08 bits per heavy atom. The van der Waals surface area contributed by atoms with Crippen LogP contribution in [0, 0.1) is 11.3 Å². The monoisotopic (exact) mass is 350 g/mol. The van der Waals surface area contributed by atoms with Gasteiger partial charge in [-0.15, -0.1) is 0 Å². The Morgan fingerprint density at radius 1 is 1.27 bits per heavy atom. The zero-order chi connectivity index (χ0) is 18.5. The van der Waals surface area contributed by atoms with E-state index in [0.717, 1.165) is 12.0 Å². The normalized spacial score (nSPS) is 12.4. The van der Waals surface area contributed by atoms with Gasteiger partial charge in [-0.25, -0.2) is 0 Å². The molecule has 6 nitrogen and oxygen atoms in total. The lowest BCUT2D eigenvalue weighted by Crippen LogP contribution is -2.13. The molecule has 132 valence electrons. The first-order chi connectivity index (χ1) is 12.6. The number of hydrogen-bond donors (Lipinski definition) is 1. The van der Waals surface area contributed by atoms with Crippen LogP contribution < -0.4 is 19.5 Å². The lowest BCUT2D eigenvalue weighted by Gasteiger charge is -2.08. The smallest absolute Gasteiger partial charge is 0.266 e. The summed E-state index contributed by atoms with van der Waals surface area (Å²) in [7, 11) is 1.55. The maximum Gasteiger partial charge on any atom is 0.266 e. The van der Waals surface area contributed by atoms with E-state index < -0.39 is 5.91 Å². The third-order valence-corrected chi connectivity index (χ3v) is 4.00. The molecule has 0 atom stereocenters. The van der Waals surface area contributed by atoms with Gasteiger partial charge in [0.15, 0.2) is 11.5 Å².